The van der Waals surface area contributed by atoms with Crippen molar-refractivity contribution in [1.29, 1.82) is 0 Å². The first kappa shape index (κ1) is 24.7. The van der Waals surface area contributed by atoms with Gasteiger partial charge in [0.25, 0.3) is 0 Å². The van der Waals surface area contributed by atoms with Gasteiger partial charge in [0.2, 0.25) is 11.5 Å². The zero-order valence-corrected chi connectivity index (χ0v) is 20.7. The van der Waals surface area contributed by atoms with Gasteiger partial charge in [0.1, 0.15) is 17.2 Å². The zero-order valence-electron chi connectivity index (χ0n) is 20.7. The fourth-order valence-corrected chi connectivity index (χ4v) is 3.95. The minimum atomic E-state index is -0.264. The third-order valence-electron chi connectivity index (χ3n) is 5.75. The van der Waals surface area contributed by atoms with E-state index >= 15 is 0 Å². The summed E-state index contributed by atoms with van der Waals surface area (Å²) >= 11 is 0. The van der Waals surface area contributed by atoms with Crippen molar-refractivity contribution in [2.24, 2.45) is 0 Å². The molecule has 1 heterocycles. The quantitative estimate of drug-likeness (QED) is 0.309. The Labute approximate surface area is 209 Å². The van der Waals surface area contributed by atoms with E-state index < -0.39 is 0 Å². The van der Waals surface area contributed by atoms with Crippen molar-refractivity contribution >= 4 is 17.6 Å². The minimum absolute atomic E-state index is 0.130. The largest absolute Gasteiger partial charge is 0.497 e. The summed E-state index contributed by atoms with van der Waals surface area (Å²) < 4.78 is 33.0. The number of aryl methyl sites for hydroxylation is 1. The van der Waals surface area contributed by atoms with Gasteiger partial charge in [-0.1, -0.05) is 0 Å². The molecule has 8 nitrogen and oxygen atoms in total. The van der Waals surface area contributed by atoms with Crippen LogP contribution in [0.5, 0.6) is 34.5 Å². The number of allylic oxidation sites excluding steroid dienone is 1. The summed E-state index contributed by atoms with van der Waals surface area (Å²) in [4.78, 5) is 25.6. The van der Waals surface area contributed by atoms with Gasteiger partial charge in [-0.15, -0.1) is 0 Å². The number of methoxy groups -OCH3 is 4. The summed E-state index contributed by atoms with van der Waals surface area (Å²) in [6, 6.07) is 13.6. The molecule has 0 saturated heterocycles. The van der Waals surface area contributed by atoms with E-state index in [0.29, 0.717) is 56.8 Å². The third-order valence-corrected chi connectivity index (χ3v) is 5.75. The van der Waals surface area contributed by atoms with Gasteiger partial charge in [0.05, 0.1) is 34.0 Å². The van der Waals surface area contributed by atoms with Crippen molar-refractivity contribution in [3.63, 3.8) is 0 Å². The summed E-state index contributed by atoms with van der Waals surface area (Å²) in [5.74, 6) is 2.45. The van der Waals surface area contributed by atoms with Crippen molar-refractivity contribution in [1.82, 2.24) is 0 Å². The summed E-state index contributed by atoms with van der Waals surface area (Å²) in [7, 11) is 6.11. The van der Waals surface area contributed by atoms with E-state index in [0.717, 1.165) is 0 Å². The molecule has 0 spiro atoms. The molecule has 0 atom stereocenters. The van der Waals surface area contributed by atoms with Crippen LogP contribution in [0.2, 0.25) is 0 Å². The monoisotopic (exact) mass is 490 g/mol. The number of ether oxygens (including phenoxy) is 6. The van der Waals surface area contributed by atoms with Crippen LogP contribution in [0.1, 0.15) is 31.8 Å². The number of carbonyl (C=O) groups is 2. The average molecular weight is 491 g/mol. The van der Waals surface area contributed by atoms with Gasteiger partial charge in [-0.3, -0.25) is 9.59 Å². The van der Waals surface area contributed by atoms with Gasteiger partial charge >= 0.3 is 0 Å². The van der Waals surface area contributed by atoms with Gasteiger partial charge in [-0.25, -0.2) is 0 Å². The highest BCUT2D eigenvalue weighted by atomic mass is 16.5. The van der Waals surface area contributed by atoms with E-state index in [-0.39, 0.29) is 23.9 Å². The van der Waals surface area contributed by atoms with E-state index in [1.165, 1.54) is 21.3 Å². The predicted molar refractivity (Wildman–Crippen MR) is 133 cm³/mol. The molecular weight excluding hydrogens is 464 g/mol. The Balaban J connectivity index is 1.56. The molecule has 1 aliphatic heterocycles. The fraction of sp³-hybridized carbons (Fsp3) is 0.214. The third kappa shape index (κ3) is 4.70. The van der Waals surface area contributed by atoms with Crippen LogP contribution in [-0.4, -0.2) is 46.6 Å². The number of hydrogen-bond donors (Lipinski definition) is 0. The van der Waals surface area contributed by atoms with Crippen molar-refractivity contribution in [3.8, 4) is 34.5 Å². The molecule has 0 unspecified atom stereocenters. The van der Waals surface area contributed by atoms with E-state index in [2.05, 4.69) is 0 Å². The summed E-state index contributed by atoms with van der Waals surface area (Å²) in [6.45, 7) is 1.63. The molecule has 0 aromatic heterocycles. The van der Waals surface area contributed by atoms with Gasteiger partial charge in [-0.05, 0) is 61.0 Å². The number of fused-ring (bicyclic) bond motifs is 1. The maximum absolute atomic E-state index is 13.1. The highest BCUT2D eigenvalue weighted by Gasteiger charge is 2.31. The number of rotatable bonds is 9. The van der Waals surface area contributed by atoms with Crippen LogP contribution >= 0.6 is 0 Å². The maximum Gasteiger partial charge on any atom is 0.232 e. The Bertz CT molecular complexity index is 1340. The lowest BCUT2D eigenvalue weighted by Gasteiger charge is -2.14. The molecule has 0 bridgehead atoms. The van der Waals surface area contributed by atoms with Crippen LogP contribution in [0.15, 0.2) is 54.3 Å². The minimum Gasteiger partial charge on any atom is -0.497 e. The van der Waals surface area contributed by atoms with Crippen molar-refractivity contribution in [3.05, 3.63) is 76.5 Å². The highest BCUT2D eigenvalue weighted by molar-refractivity contribution is 6.15. The Morgan fingerprint density at radius 3 is 2.22 bits per heavy atom. The molecule has 0 saturated carbocycles. The molecule has 36 heavy (non-hydrogen) atoms. The van der Waals surface area contributed by atoms with Gasteiger partial charge < -0.3 is 28.4 Å². The van der Waals surface area contributed by atoms with Crippen LogP contribution < -0.4 is 28.4 Å². The molecule has 0 aliphatic carbocycles. The number of ketones is 2. The molecule has 0 radical (unpaired) electrons. The second kappa shape index (κ2) is 10.4. The zero-order chi connectivity index (χ0) is 25.8. The van der Waals surface area contributed by atoms with Crippen LogP contribution in [0.25, 0.3) is 6.08 Å². The predicted octanol–water partition coefficient (Wildman–Crippen LogP) is 4.91. The molecule has 0 fully saturated rings. The first-order valence-corrected chi connectivity index (χ1v) is 11.1. The Morgan fingerprint density at radius 1 is 0.861 bits per heavy atom. The molecule has 4 rings (SSSR count). The Kier molecular flexibility index (Phi) is 7.15. The van der Waals surface area contributed by atoms with Crippen LogP contribution in [0.4, 0.5) is 0 Å². The number of carbonyl (C=O) groups excluding carboxylic acids is 2. The van der Waals surface area contributed by atoms with E-state index in [9.17, 15) is 9.59 Å². The summed E-state index contributed by atoms with van der Waals surface area (Å²) in [5.41, 5.74) is 2.21. The molecule has 0 N–H and O–H groups in total. The molecule has 186 valence electrons. The lowest BCUT2D eigenvalue weighted by atomic mass is 10.0. The van der Waals surface area contributed by atoms with Gasteiger partial charge in [0, 0.05) is 17.2 Å². The summed E-state index contributed by atoms with van der Waals surface area (Å²) in [5, 5.41) is 0. The number of Topliss-reactive ketones (excluding diaryl/α,β-unsaturated/α-hetero) is 2. The van der Waals surface area contributed by atoms with Gasteiger partial charge in [-0.2, -0.15) is 0 Å². The Hall–Kier alpha value is -4.46. The average Bonchev–Trinajstić information content (AvgIpc) is 3.21. The van der Waals surface area contributed by atoms with E-state index in [1.807, 2.05) is 0 Å². The molecule has 3 aromatic rings. The SMILES string of the molecule is COc1ccc(C(=O)COc2cc(C)c3c(c2)O/C(=C\c2ccc(OC)c(OC)c2OC)C3=O)cc1. The van der Waals surface area contributed by atoms with E-state index in [4.69, 9.17) is 28.4 Å². The fourth-order valence-electron chi connectivity index (χ4n) is 3.95. The Morgan fingerprint density at radius 2 is 1.58 bits per heavy atom. The normalized spacial score (nSPS) is 13.1. The standard InChI is InChI=1S/C28H26O8/c1-16-12-20(35-15-21(29)17-6-9-19(31-2)10-7-17)14-23-25(16)26(30)24(36-23)13-18-8-11-22(32-3)28(34-5)27(18)33-4/h6-14H,15H2,1-5H3/b24-13-. The van der Waals surface area contributed by atoms with Crippen LogP contribution in [0, 0.1) is 6.92 Å². The molecular formula is C28H26O8. The molecule has 0 amide bonds. The smallest absolute Gasteiger partial charge is 0.232 e. The van der Waals surface area contributed by atoms with E-state index in [1.54, 1.807) is 68.6 Å². The number of hydrogen-bond acceptors (Lipinski definition) is 8. The number of benzene rings is 3. The van der Waals surface area contributed by atoms with Crippen molar-refractivity contribution in [2.45, 2.75) is 6.92 Å². The first-order valence-electron chi connectivity index (χ1n) is 11.1. The van der Waals surface area contributed by atoms with Gasteiger partial charge in [0.15, 0.2) is 29.6 Å². The maximum atomic E-state index is 13.1. The lowest BCUT2D eigenvalue weighted by Crippen LogP contribution is -2.11. The van der Waals surface area contributed by atoms with Crippen LogP contribution in [0.3, 0.4) is 0 Å². The topological polar surface area (TPSA) is 89.5 Å². The second-order valence-electron chi connectivity index (χ2n) is 7.92. The van der Waals surface area contributed by atoms with Crippen molar-refractivity contribution in [2.75, 3.05) is 35.0 Å². The summed E-state index contributed by atoms with van der Waals surface area (Å²) in [6.07, 6.45) is 1.59. The second-order valence-corrected chi connectivity index (χ2v) is 7.92. The van der Waals surface area contributed by atoms with Crippen molar-refractivity contribution < 1.29 is 38.0 Å². The lowest BCUT2D eigenvalue weighted by molar-refractivity contribution is 0.0920. The molecule has 1 aliphatic rings. The van der Waals surface area contributed by atoms with Crippen LogP contribution in [-0.2, 0) is 0 Å². The molecule has 8 heteroatoms. The highest BCUT2D eigenvalue weighted by Crippen LogP contribution is 2.42. The first-order chi connectivity index (χ1) is 17.4. The molecule has 3 aromatic carbocycles.